The van der Waals surface area contributed by atoms with Gasteiger partial charge in [0.25, 0.3) is 0 Å². The van der Waals surface area contributed by atoms with E-state index in [2.05, 4.69) is 34.1 Å². The molecule has 0 atom stereocenters. The van der Waals surface area contributed by atoms with Gasteiger partial charge in [-0.3, -0.25) is 10.4 Å². The number of guanidine groups is 1. The van der Waals surface area contributed by atoms with Crippen molar-refractivity contribution in [3.8, 4) is 0 Å². The molecule has 1 aromatic rings. The minimum Gasteiger partial charge on any atom is -0.350 e. The van der Waals surface area contributed by atoms with E-state index in [9.17, 15) is 0 Å². The van der Waals surface area contributed by atoms with Gasteiger partial charge in [-0.2, -0.15) is 0 Å². The van der Waals surface area contributed by atoms with Gasteiger partial charge in [0.1, 0.15) is 0 Å². The molecule has 0 saturated carbocycles. The summed E-state index contributed by atoms with van der Waals surface area (Å²) < 4.78 is 0. The Morgan fingerprint density at radius 2 is 2.46 bits per heavy atom. The highest BCUT2D eigenvalue weighted by Crippen LogP contribution is 2.14. The summed E-state index contributed by atoms with van der Waals surface area (Å²) in [5.41, 5.74) is 3.77. The van der Waals surface area contributed by atoms with E-state index in [1.54, 1.807) is 18.4 Å². The van der Waals surface area contributed by atoms with Crippen LogP contribution in [0.4, 0.5) is 0 Å². The monoisotopic (exact) mass is 198 g/mol. The van der Waals surface area contributed by atoms with Gasteiger partial charge in [-0.1, -0.05) is 0 Å². The maximum Gasteiger partial charge on any atom is 0.205 e. The van der Waals surface area contributed by atoms with Crippen molar-refractivity contribution in [1.82, 2.24) is 10.7 Å². The molecule has 5 heteroatoms. The molecule has 1 heterocycles. The summed E-state index contributed by atoms with van der Waals surface area (Å²) in [6.07, 6.45) is 0. The van der Waals surface area contributed by atoms with Gasteiger partial charge in [0.05, 0.1) is 6.54 Å². The zero-order valence-corrected chi connectivity index (χ0v) is 8.61. The first kappa shape index (κ1) is 10.0. The van der Waals surface area contributed by atoms with E-state index >= 15 is 0 Å². The van der Waals surface area contributed by atoms with Crippen LogP contribution in [0.25, 0.3) is 0 Å². The summed E-state index contributed by atoms with van der Waals surface area (Å²) in [5, 5.41) is 5.16. The molecule has 0 saturated heterocycles. The maximum absolute atomic E-state index is 5.22. The summed E-state index contributed by atoms with van der Waals surface area (Å²) >= 11 is 1.73. The van der Waals surface area contributed by atoms with Gasteiger partial charge in [0.15, 0.2) is 0 Å². The molecule has 0 unspecified atom stereocenters. The standard InChI is InChI=1S/C8H14N4S/c1-6-3-4-13-7(6)5-11-8(10-2)12-9/h3-4H,5,9H2,1-2H3,(H2,10,11,12). The van der Waals surface area contributed by atoms with Crippen LogP contribution in [0.15, 0.2) is 16.4 Å². The number of aliphatic imine (C=N–C) groups is 1. The van der Waals surface area contributed by atoms with E-state index in [-0.39, 0.29) is 0 Å². The highest BCUT2D eigenvalue weighted by atomic mass is 32.1. The molecule has 0 aromatic carbocycles. The second kappa shape index (κ2) is 4.84. The van der Waals surface area contributed by atoms with Crippen LogP contribution in [-0.2, 0) is 6.54 Å². The van der Waals surface area contributed by atoms with Crippen LogP contribution in [0, 0.1) is 6.92 Å². The van der Waals surface area contributed by atoms with Gasteiger partial charge in [-0.15, -0.1) is 11.3 Å². The smallest absolute Gasteiger partial charge is 0.205 e. The summed E-state index contributed by atoms with van der Waals surface area (Å²) in [7, 11) is 1.68. The first-order valence-corrected chi connectivity index (χ1v) is 4.86. The summed E-state index contributed by atoms with van der Waals surface area (Å²) in [5.74, 6) is 5.83. The van der Waals surface area contributed by atoms with Crippen LogP contribution in [0.3, 0.4) is 0 Å². The third-order valence-corrected chi connectivity index (χ3v) is 2.77. The molecule has 4 nitrogen and oxygen atoms in total. The topological polar surface area (TPSA) is 62.4 Å². The number of aryl methyl sites for hydroxylation is 1. The van der Waals surface area contributed by atoms with Gasteiger partial charge >= 0.3 is 0 Å². The Labute approximate surface area is 81.8 Å². The SMILES string of the molecule is CN=C(NN)NCc1sccc1C. The first-order chi connectivity index (χ1) is 6.27. The Morgan fingerprint density at radius 1 is 1.69 bits per heavy atom. The lowest BCUT2D eigenvalue weighted by Gasteiger charge is -2.06. The maximum atomic E-state index is 5.22. The predicted octanol–water partition coefficient (Wildman–Crippen LogP) is 0.595. The number of nitrogens with zero attached hydrogens (tertiary/aromatic N) is 1. The number of hydrogen-bond acceptors (Lipinski definition) is 3. The zero-order chi connectivity index (χ0) is 9.68. The van der Waals surface area contributed by atoms with Crippen LogP contribution in [-0.4, -0.2) is 13.0 Å². The lowest BCUT2D eigenvalue weighted by molar-refractivity contribution is 0.847. The second-order valence-electron chi connectivity index (χ2n) is 2.60. The van der Waals surface area contributed by atoms with Crippen LogP contribution >= 0.6 is 11.3 Å². The Bertz CT molecular complexity index is 292. The molecule has 0 radical (unpaired) electrons. The number of hydrazine groups is 1. The van der Waals surface area contributed by atoms with Crippen LogP contribution in [0.2, 0.25) is 0 Å². The highest BCUT2D eigenvalue weighted by Gasteiger charge is 1.99. The molecule has 0 spiro atoms. The lowest BCUT2D eigenvalue weighted by atomic mass is 10.3. The highest BCUT2D eigenvalue weighted by molar-refractivity contribution is 7.10. The Balaban J connectivity index is 2.48. The molecule has 0 bridgehead atoms. The van der Waals surface area contributed by atoms with Crippen molar-refractivity contribution < 1.29 is 0 Å². The van der Waals surface area contributed by atoms with E-state index in [1.807, 2.05) is 0 Å². The minimum atomic E-state index is 0.604. The molecular formula is C8H14N4S. The molecule has 4 N–H and O–H groups in total. The lowest BCUT2D eigenvalue weighted by Crippen LogP contribution is -2.40. The van der Waals surface area contributed by atoms with Crippen LogP contribution in [0.5, 0.6) is 0 Å². The van der Waals surface area contributed by atoms with Crippen molar-refractivity contribution in [2.45, 2.75) is 13.5 Å². The quantitative estimate of drug-likeness (QED) is 0.282. The summed E-state index contributed by atoms with van der Waals surface area (Å²) in [6, 6.07) is 2.10. The first-order valence-electron chi connectivity index (χ1n) is 3.98. The minimum absolute atomic E-state index is 0.604. The fourth-order valence-corrected chi connectivity index (χ4v) is 1.79. The molecule has 13 heavy (non-hydrogen) atoms. The van der Waals surface area contributed by atoms with E-state index in [0.29, 0.717) is 5.96 Å². The second-order valence-corrected chi connectivity index (χ2v) is 3.60. The van der Waals surface area contributed by atoms with Gasteiger partial charge in [-0.25, -0.2) is 5.84 Å². The predicted molar refractivity (Wildman–Crippen MR) is 56.6 cm³/mol. The largest absolute Gasteiger partial charge is 0.350 e. The Kier molecular flexibility index (Phi) is 3.72. The van der Waals surface area contributed by atoms with Crippen molar-refractivity contribution in [3.63, 3.8) is 0 Å². The molecule has 0 aliphatic carbocycles. The molecule has 1 aromatic heterocycles. The van der Waals surface area contributed by atoms with E-state index in [1.165, 1.54) is 10.4 Å². The zero-order valence-electron chi connectivity index (χ0n) is 7.79. The molecule has 0 fully saturated rings. The third-order valence-electron chi connectivity index (χ3n) is 1.74. The van der Waals surface area contributed by atoms with Crippen molar-refractivity contribution in [3.05, 3.63) is 21.9 Å². The van der Waals surface area contributed by atoms with Gasteiger partial charge < -0.3 is 5.32 Å². The summed E-state index contributed by atoms with van der Waals surface area (Å²) in [6.45, 7) is 2.85. The fraction of sp³-hybridized carbons (Fsp3) is 0.375. The molecule has 72 valence electrons. The average Bonchev–Trinajstić information content (AvgIpc) is 2.54. The third kappa shape index (κ3) is 2.71. The Morgan fingerprint density at radius 3 is 2.92 bits per heavy atom. The molecule has 0 amide bonds. The van der Waals surface area contributed by atoms with Crippen LogP contribution in [0.1, 0.15) is 10.4 Å². The molecular weight excluding hydrogens is 184 g/mol. The number of hydrogen-bond donors (Lipinski definition) is 3. The molecule has 0 aliphatic heterocycles. The normalized spacial score (nSPS) is 11.5. The number of thiophene rings is 1. The number of nitrogens with two attached hydrogens (primary N) is 1. The Hall–Kier alpha value is -1.07. The van der Waals surface area contributed by atoms with Gasteiger partial charge in [0, 0.05) is 11.9 Å². The molecule has 1 rings (SSSR count). The van der Waals surface area contributed by atoms with E-state index < -0.39 is 0 Å². The number of nitrogens with one attached hydrogen (secondary N) is 2. The fourth-order valence-electron chi connectivity index (χ4n) is 0.944. The van der Waals surface area contributed by atoms with Gasteiger partial charge in [0.2, 0.25) is 5.96 Å². The molecule has 0 aliphatic rings. The van der Waals surface area contributed by atoms with Gasteiger partial charge in [-0.05, 0) is 23.9 Å². The van der Waals surface area contributed by atoms with Crippen LogP contribution < -0.4 is 16.6 Å². The van der Waals surface area contributed by atoms with Crippen molar-refractivity contribution in [2.24, 2.45) is 10.8 Å². The van der Waals surface area contributed by atoms with Crippen molar-refractivity contribution in [1.29, 1.82) is 0 Å². The van der Waals surface area contributed by atoms with Crippen molar-refractivity contribution in [2.75, 3.05) is 7.05 Å². The van der Waals surface area contributed by atoms with E-state index in [4.69, 9.17) is 5.84 Å². The average molecular weight is 198 g/mol. The van der Waals surface area contributed by atoms with Crippen molar-refractivity contribution >= 4 is 17.3 Å². The van der Waals surface area contributed by atoms with E-state index in [0.717, 1.165) is 6.54 Å². The number of rotatable bonds is 2. The summed E-state index contributed by atoms with van der Waals surface area (Å²) in [4.78, 5) is 5.21.